The average Bonchev–Trinajstić information content (AvgIpc) is 3.28. The maximum Gasteiger partial charge on any atom is 0.253 e. The summed E-state index contributed by atoms with van der Waals surface area (Å²) in [5.41, 5.74) is 2.73. The van der Waals surface area contributed by atoms with Crippen LogP contribution in [0.4, 0.5) is 5.69 Å². The molecule has 0 unspecified atom stereocenters. The number of halogens is 1. The Hall–Kier alpha value is -2.21. The Balaban J connectivity index is 1.59. The molecule has 3 heterocycles. The van der Waals surface area contributed by atoms with Crippen LogP contribution < -0.4 is 4.90 Å². The van der Waals surface area contributed by atoms with Crippen LogP contribution in [-0.4, -0.2) is 41.0 Å². The second-order valence-electron chi connectivity index (χ2n) is 7.50. The van der Waals surface area contributed by atoms with Gasteiger partial charge in [-0.1, -0.05) is 35.9 Å². The summed E-state index contributed by atoms with van der Waals surface area (Å²) in [5, 5.41) is 4.99. The zero-order chi connectivity index (χ0) is 18.7. The van der Waals surface area contributed by atoms with E-state index in [1.807, 2.05) is 55.5 Å². The molecular weight excluding hydrogens is 362 g/mol. The molecule has 3 aliphatic heterocycles. The van der Waals surface area contributed by atoms with Crippen LogP contribution in [0.1, 0.15) is 23.6 Å². The largest absolute Gasteiger partial charge is 0.274 e. The summed E-state index contributed by atoms with van der Waals surface area (Å²) in [7, 11) is 0. The van der Waals surface area contributed by atoms with E-state index in [9.17, 15) is 9.59 Å². The lowest BCUT2D eigenvalue weighted by Crippen LogP contribution is -2.44. The van der Waals surface area contributed by atoms with Crippen LogP contribution in [0.15, 0.2) is 48.5 Å². The van der Waals surface area contributed by atoms with E-state index in [0.717, 1.165) is 30.6 Å². The van der Waals surface area contributed by atoms with Crippen molar-refractivity contribution in [1.29, 1.82) is 0 Å². The van der Waals surface area contributed by atoms with Gasteiger partial charge in [-0.3, -0.25) is 9.59 Å². The molecule has 138 valence electrons. The molecule has 3 fully saturated rings. The predicted octanol–water partition coefficient (Wildman–Crippen LogP) is 3.18. The molecule has 0 bridgehead atoms. The Morgan fingerprint density at radius 1 is 0.926 bits per heavy atom. The van der Waals surface area contributed by atoms with E-state index in [1.54, 1.807) is 0 Å². The van der Waals surface area contributed by atoms with Gasteiger partial charge >= 0.3 is 0 Å². The smallest absolute Gasteiger partial charge is 0.253 e. The Morgan fingerprint density at radius 2 is 1.63 bits per heavy atom. The fourth-order valence-corrected chi connectivity index (χ4v) is 4.92. The summed E-state index contributed by atoms with van der Waals surface area (Å²) in [6.45, 7) is 3.64. The Morgan fingerprint density at radius 3 is 2.33 bits per heavy atom. The third kappa shape index (κ3) is 2.46. The minimum absolute atomic E-state index is 0.107. The third-order valence-corrected chi connectivity index (χ3v) is 6.13. The van der Waals surface area contributed by atoms with Crippen LogP contribution in [0.3, 0.4) is 0 Å². The SMILES string of the molecule is Cc1cccc(N2C(=O)[C@H]3[C@@H](C2=O)N2CCCN2[C@@H]3c2ccc(Cl)cc2)c1. The first-order valence-electron chi connectivity index (χ1n) is 9.29. The quantitative estimate of drug-likeness (QED) is 0.749. The monoisotopic (exact) mass is 381 g/mol. The van der Waals surface area contributed by atoms with E-state index in [2.05, 4.69) is 10.0 Å². The predicted molar refractivity (Wildman–Crippen MR) is 103 cm³/mol. The highest BCUT2D eigenvalue weighted by atomic mass is 35.5. The lowest BCUT2D eigenvalue weighted by Gasteiger charge is -2.29. The van der Waals surface area contributed by atoms with Gasteiger partial charge in [0, 0.05) is 18.1 Å². The zero-order valence-electron chi connectivity index (χ0n) is 15.0. The molecule has 6 heteroatoms. The normalized spacial score (nSPS) is 28.1. The van der Waals surface area contributed by atoms with Crippen molar-refractivity contribution in [2.24, 2.45) is 5.92 Å². The van der Waals surface area contributed by atoms with Crippen molar-refractivity contribution >= 4 is 29.1 Å². The topological polar surface area (TPSA) is 43.9 Å². The van der Waals surface area contributed by atoms with E-state index in [1.165, 1.54) is 4.90 Å². The highest BCUT2D eigenvalue weighted by Crippen LogP contribution is 2.49. The molecule has 27 heavy (non-hydrogen) atoms. The number of carbonyl (C=O) groups is 2. The molecular formula is C21H20ClN3O2. The van der Waals surface area contributed by atoms with E-state index in [0.29, 0.717) is 10.7 Å². The minimum Gasteiger partial charge on any atom is -0.274 e. The Labute approximate surface area is 163 Å². The number of carbonyl (C=O) groups excluding carboxylic acids is 2. The van der Waals surface area contributed by atoms with Gasteiger partial charge in [0.1, 0.15) is 6.04 Å². The summed E-state index contributed by atoms with van der Waals surface area (Å²) in [5.74, 6) is -0.608. The number of aryl methyl sites for hydroxylation is 1. The van der Waals surface area contributed by atoms with Gasteiger partial charge in [-0.05, 0) is 48.7 Å². The first-order valence-corrected chi connectivity index (χ1v) is 9.67. The van der Waals surface area contributed by atoms with Crippen molar-refractivity contribution < 1.29 is 9.59 Å². The molecule has 0 N–H and O–H groups in total. The van der Waals surface area contributed by atoms with Gasteiger partial charge in [-0.15, -0.1) is 0 Å². The first-order chi connectivity index (χ1) is 13.1. The van der Waals surface area contributed by atoms with Gasteiger partial charge in [-0.25, -0.2) is 14.9 Å². The van der Waals surface area contributed by atoms with Crippen LogP contribution in [0.25, 0.3) is 0 Å². The molecule has 0 spiro atoms. The molecule has 3 atom stereocenters. The minimum atomic E-state index is -0.416. The van der Waals surface area contributed by atoms with E-state index < -0.39 is 6.04 Å². The number of fused-ring (bicyclic) bond motifs is 3. The standard InChI is InChI=1S/C21H20ClN3O2/c1-13-4-2-5-16(12-13)25-20(26)17-18(14-6-8-15(22)9-7-14)23-10-3-11-24(23)19(17)21(25)27/h2,4-9,12,17-19H,3,10-11H2,1H3/t17-,18-,19+/m1/s1. The average molecular weight is 382 g/mol. The number of benzene rings is 2. The summed E-state index contributed by atoms with van der Waals surface area (Å²) in [6, 6.07) is 14.7. The lowest BCUT2D eigenvalue weighted by atomic mass is 9.90. The number of hydrogen-bond acceptors (Lipinski definition) is 4. The molecule has 2 aromatic carbocycles. The highest BCUT2D eigenvalue weighted by molar-refractivity contribution is 6.30. The van der Waals surface area contributed by atoms with Crippen molar-refractivity contribution in [1.82, 2.24) is 10.0 Å². The van der Waals surface area contributed by atoms with Crippen molar-refractivity contribution in [3.63, 3.8) is 0 Å². The summed E-state index contributed by atoms with van der Waals surface area (Å²) in [4.78, 5) is 28.1. The molecule has 5 rings (SSSR count). The van der Waals surface area contributed by atoms with E-state index >= 15 is 0 Å². The van der Waals surface area contributed by atoms with Gasteiger partial charge in [0.25, 0.3) is 5.91 Å². The summed E-state index contributed by atoms with van der Waals surface area (Å²) >= 11 is 6.06. The van der Waals surface area contributed by atoms with E-state index in [4.69, 9.17) is 11.6 Å². The van der Waals surface area contributed by atoms with Gasteiger partial charge < -0.3 is 0 Å². The highest BCUT2D eigenvalue weighted by Gasteiger charge is 2.62. The number of hydrogen-bond donors (Lipinski definition) is 0. The third-order valence-electron chi connectivity index (χ3n) is 5.88. The van der Waals surface area contributed by atoms with Crippen molar-refractivity contribution in [3.05, 3.63) is 64.7 Å². The van der Waals surface area contributed by atoms with Crippen LogP contribution >= 0.6 is 11.6 Å². The number of imide groups is 1. The maximum atomic E-state index is 13.4. The van der Waals surface area contributed by atoms with Crippen molar-refractivity contribution in [3.8, 4) is 0 Å². The second kappa shape index (κ2) is 6.16. The lowest BCUT2D eigenvalue weighted by molar-refractivity contribution is -0.126. The van der Waals surface area contributed by atoms with Crippen LogP contribution in [0.5, 0.6) is 0 Å². The van der Waals surface area contributed by atoms with Crippen LogP contribution in [0, 0.1) is 12.8 Å². The molecule has 3 saturated heterocycles. The molecule has 0 saturated carbocycles. The first kappa shape index (κ1) is 16.9. The van der Waals surface area contributed by atoms with E-state index in [-0.39, 0.29) is 23.8 Å². The Kier molecular flexibility index (Phi) is 3.86. The van der Waals surface area contributed by atoms with Crippen molar-refractivity contribution in [2.75, 3.05) is 18.0 Å². The van der Waals surface area contributed by atoms with Gasteiger partial charge in [0.15, 0.2) is 0 Å². The molecule has 2 aromatic rings. The van der Waals surface area contributed by atoms with Gasteiger partial charge in [0.05, 0.1) is 17.6 Å². The molecule has 2 amide bonds. The summed E-state index contributed by atoms with van der Waals surface area (Å²) < 4.78 is 0. The fraction of sp³-hybridized carbons (Fsp3) is 0.333. The number of amides is 2. The Bertz CT molecular complexity index is 929. The second-order valence-corrected chi connectivity index (χ2v) is 7.93. The number of rotatable bonds is 2. The van der Waals surface area contributed by atoms with Crippen LogP contribution in [-0.2, 0) is 9.59 Å². The van der Waals surface area contributed by atoms with Gasteiger partial charge in [0.2, 0.25) is 5.91 Å². The molecule has 5 nitrogen and oxygen atoms in total. The summed E-state index contributed by atoms with van der Waals surface area (Å²) in [6.07, 6.45) is 0.999. The molecule has 3 aliphatic rings. The molecule has 0 radical (unpaired) electrons. The molecule has 0 aromatic heterocycles. The zero-order valence-corrected chi connectivity index (χ0v) is 15.8. The number of hydrazine groups is 1. The van der Waals surface area contributed by atoms with Crippen molar-refractivity contribution in [2.45, 2.75) is 25.4 Å². The molecule has 0 aliphatic carbocycles. The van der Waals surface area contributed by atoms with Crippen LogP contribution in [0.2, 0.25) is 5.02 Å². The number of nitrogens with zero attached hydrogens (tertiary/aromatic N) is 3. The maximum absolute atomic E-state index is 13.4. The fourth-order valence-electron chi connectivity index (χ4n) is 4.79. The van der Waals surface area contributed by atoms with Gasteiger partial charge in [-0.2, -0.15) is 0 Å². The number of anilines is 1.